The highest BCUT2D eigenvalue weighted by atomic mass is 19.1. The molecule has 0 fully saturated rings. The number of benzene rings is 1. The number of hydrogen-bond acceptors (Lipinski definition) is 4. The first-order chi connectivity index (χ1) is 8.67. The quantitative estimate of drug-likeness (QED) is 0.905. The number of nitrogens with one attached hydrogen (secondary N) is 1. The van der Waals surface area contributed by atoms with Gasteiger partial charge in [0.15, 0.2) is 11.6 Å². The monoisotopic (exact) mass is 247 g/mol. The van der Waals surface area contributed by atoms with Crippen LogP contribution >= 0.6 is 0 Å². The van der Waals surface area contributed by atoms with E-state index in [1.54, 1.807) is 13.1 Å². The van der Waals surface area contributed by atoms with E-state index in [-0.39, 0.29) is 5.82 Å². The molecule has 4 nitrogen and oxygen atoms in total. The first-order valence-corrected chi connectivity index (χ1v) is 5.50. The minimum atomic E-state index is -0.303. The third-order valence-corrected chi connectivity index (χ3v) is 2.70. The highest BCUT2D eigenvalue weighted by Crippen LogP contribution is 2.34. The van der Waals surface area contributed by atoms with Crippen LogP contribution in [0.25, 0.3) is 11.3 Å². The average Bonchev–Trinajstić information content (AvgIpc) is 2.40. The zero-order chi connectivity index (χ0) is 13.1. The molecule has 1 N–H and O–H groups in total. The lowest BCUT2D eigenvalue weighted by Gasteiger charge is -2.12. The second kappa shape index (κ2) is 5.00. The molecule has 0 amide bonds. The van der Waals surface area contributed by atoms with Crippen LogP contribution in [-0.4, -0.2) is 24.1 Å². The van der Waals surface area contributed by atoms with Gasteiger partial charge in [-0.05, 0) is 24.6 Å². The number of hydrogen-bond donors (Lipinski definition) is 1. The molecule has 0 aliphatic heterocycles. The summed E-state index contributed by atoms with van der Waals surface area (Å²) in [6.07, 6.45) is 1.42. The van der Waals surface area contributed by atoms with E-state index in [2.05, 4.69) is 15.3 Å². The summed E-state index contributed by atoms with van der Waals surface area (Å²) in [4.78, 5) is 8.25. The fourth-order valence-electron chi connectivity index (χ4n) is 1.79. The van der Waals surface area contributed by atoms with Crippen LogP contribution < -0.4 is 10.1 Å². The van der Waals surface area contributed by atoms with Gasteiger partial charge >= 0.3 is 0 Å². The van der Waals surface area contributed by atoms with Crippen molar-refractivity contribution in [3.05, 3.63) is 35.9 Å². The van der Waals surface area contributed by atoms with Crippen molar-refractivity contribution in [3.8, 4) is 17.0 Å². The summed E-state index contributed by atoms with van der Waals surface area (Å²) in [6.45, 7) is 1.90. The highest BCUT2D eigenvalue weighted by Gasteiger charge is 2.15. The number of methoxy groups -OCH3 is 1. The molecule has 2 rings (SSSR count). The second-order valence-electron chi connectivity index (χ2n) is 3.81. The van der Waals surface area contributed by atoms with Crippen molar-refractivity contribution < 1.29 is 9.13 Å². The van der Waals surface area contributed by atoms with Gasteiger partial charge in [-0.1, -0.05) is 6.07 Å². The van der Waals surface area contributed by atoms with Crippen LogP contribution in [0.1, 0.15) is 5.56 Å². The van der Waals surface area contributed by atoms with E-state index in [1.165, 1.54) is 25.6 Å². The predicted octanol–water partition coefficient (Wildman–Crippen LogP) is 2.64. The standard InChI is InChI=1S/C13H14FN3O/c1-8-4-5-9(14)6-10(8)11-12(18-3)13(15-2)17-7-16-11/h4-7H,1-3H3,(H,15,16,17). The molecule has 0 radical (unpaired) electrons. The Morgan fingerprint density at radius 3 is 2.72 bits per heavy atom. The molecule has 0 spiro atoms. The smallest absolute Gasteiger partial charge is 0.187 e. The van der Waals surface area contributed by atoms with Gasteiger partial charge in [0.25, 0.3) is 0 Å². The van der Waals surface area contributed by atoms with E-state index in [9.17, 15) is 4.39 Å². The number of aryl methyl sites for hydroxylation is 1. The van der Waals surface area contributed by atoms with Gasteiger partial charge in [0.2, 0.25) is 0 Å². The zero-order valence-corrected chi connectivity index (χ0v) is 10.5. The van der Waals surface area contributed by atoms with E-state index in [1.807, 2.05) is 6.92 Å². The van der Waals surface area contributed by atoms with Crippen LogP contribution in [0.4, 0.5) is 10.2 Å². The van der Waals surface area contributed by atoms with Crippen molar-refractivity contribution in [2.45, 2.75) is 6.92 Å². The number of aromatic nitrogens is 2. The Morgan fingerprint density at radius 2 is 2.06 bits per heavy atom. The van der Waals surface area contributed by atoms with Gasteiger partial charge in [0.1, 0.15) is 17.8 Å². The Balaban J connectivity index is 2.66. The molecule has 2 aromatic rings. The van der Waals surface area contributed by atoms with Crippen molar-refractivity contribution in [2.24, 2.45) is 0 Å². The average molecular weight is 247 g/mol. The molecule has 1 heterocycles. The minimum absolute atomic E-state index is 0.303. The molecule has 94 valence electrons. The fourth-order valence-corrected chi connectivity index (χ4v) is 1.79. The van der Waals surface area contributed by atoms with Crippen molar-refractivity contribution in [1.29, 1.82) is 0 Å². The second-order valence-corrected chi connectivity index (χ2v) is 3.81. The van der Waals surface area contributed by atoms with Crippen LogP contribution in [0, 0.1) is 12.7 Å². The van der Waals surface area contributed by atoms with Crippen molar-refractivity contribution in [3.63, 3.8) is 0 Å². The Morgan fingerprint density at radius 1 is 1.28 bits per heavy atom. The molecule has 1 aromatic carbocycles. The maximum Gasteiger partial charge on any atom is 0.187 e. The molecule has 0 aliphatic rings. The van der Waals surface area contributed by atoms with Gasteiger partial charge in [-0.25, -0.2) is 14.4 Å². The molecule has 0 saturated heterocycles. The maximum absolute atomic E-state index is 13.4. The van der Waals surface area contributed by atoms with Gasteiger partial charge in [0.05, 0.1) is 7.11 Å². The summed E-state index contributed by atoms with van der Waals surface area (Å²) in [5.74, 6) is 0.780. The molecule has 0 aliphatic carbocycles. The largest absolute Gasteiger partial charge is 0.491 e. The molecule has 0 bridgehead atoms. The SMILES string of the molecule is CNc1ncnc(-c2cc(F)ccc2C)c1OC. The van der Waals surface area contributed by atoms with Crippen molar-refractivity contribution >= 4 is 5.82 Å². The Hall–Kier alpha value is -2.17. The number of ether oxygens (including phenoxy) is 1. The lowest BCUT2D eigenvalue weighted by atomic mass is 10.0. The Kier molecular flexibility index (Phi) is 3.41. The van der Waals surface area contributed by atoms with Crippen molar-refractivity contribution in [2.75, 3.05) is 19.5 Å². The summed E-state index contributed by atoms with van der Waals surface area (Å²) in [7, 11) is 3.28. The predicted molar refractivity (Wildman–Crippen MR) is 68.3 cm³/mol. The van der Waals surface area contributed by atoms with Gasteiger partial charge in [-0.3, -0.25) is 0 Å². The Bertz CT molecular complexity index is 572. The normalized spacial score (nSPS) is 10.2. The van der Waals surface area contributed by atoms with Gasteiger partial charge in [-0.15, -0.1) is 0 Å². The van der Waals surface area contributed by atoms with Crippen LogP contribution in [0.15, 0.2) is 24.5 Å². The topological polar surface area (TPSA) is 47.0 Å². The number of halogens is 1. The van der Waals surface area contributed by atoms with E-state index < -0.39 is 0 Å². The summed E-state index contributed by atoms with van der Waals surface area (Å²) < 4.78 is 18.7. The van der Waals surface area contributed by atoms with Crippen LogP contribution in [0.3, 0.4) is 0 Å². The summed E-state index contributed by atoms with van der Waals surface area (Å²) >= 11 is 0. The molecule has 0 atom stereocenters. The third-order valence-electron chi connectivity index (χ3n) is 2.70. The fraction of sp³-hybridized carbons (Fsp3) is 0.231. The van der Waals surface area contributed by atoms with Crippen LogP contribution in [0.5, 0.6) is 5.75 Å². The zero-order valence-electron chi connectivity index (χ0n) is 10.5. The first-order valence-electron chi connectivity index (χ1n) is 5.50. The molecule has 5 heteroatoms. The third kappa shape index (κ3) is 2.11. The highest BCUT2D eigenvalue weighted by molar-refractivity contribution is 5.74. The molecule has 1 aromatic heterocycles. The van der Waals surface area contributed by atoms with Crippen LogP contribution in [0.2, 0.25) is 0 Å². The van der Waals surface area contributed by atoms with Gasteiger partial charge in [0, 0.05) is 12.6 Å². The molecular weight excluding hydrogens is 233 g/mol. The Labute approximate surface area is 105 Å². The van der Waals surface area contributed by atoms with E-state index in [4.69, 9.17) is 4.74 Å². The molecule has 0 unspecified atom stereocenters. The molecular formula is C13H14FN3O. The van der Waals surface area contributed by atoms with Gasteiger partial charge < -0.3 is 10.1 Å². The number of nitrogens with zero attached hydrogens (tertiary/aromatic N) is 2. The minimum Gasteiger partial charge on any atom is -0.491 e. The van der Waals surface area contributed by atoms with E-state index in [0.29, 0.717) is 22.8 Å². The van der Waals surface area contributed by atoms with E-state index >= 15 is 0 Å². The summed E-state index contributed by atoms with van der Waals surface area (Å²) in [5.41, 5.74) is 2.20. The van der Waals surface area contributed by atoms with E-state index in [0.717, 1.165) is 5.56 Å². The van der Waals surface area contributed by atoms with Crippen LogP contribution in [-0.2, 0) is 0 Å². The molecule has 0 saturated carbocycles. The first kappa shape index (κ1) is 12.3. The molecule has 18 heavy (non-hydrogen) atoms. The number of rotatable bonds is 3. The number of anilines is 1. The summed E-state index contributed by atoms with van der Waals surface area (Å²) in [5, 5.41) is 2.92. The van der Waals surface area contributed by atoms with Gasteiger partial charge in [-0.2, -0.15) is 0 Å². The lowest BCUT2D eigenvalue weighted by Crippen LogP contribution is -2.01. The van der Waals surface area contributed by atoms with Crippen molar-refractivity contribution in [1.82, 2.24) is 9.97 Å². The summed E-state index contributed by atoms with van der Waals surface area (Å²) in [6, 6.07) is 4.58. The lowest BCUT2D eigenvalue weighted by molar-refractivity contribution is 0.415. The maximum atomic E-state index is 13.4.